The zero-order chi connectivity index (χ0) is 14.3. The number of benzene rings is 1. The van der Waals surface area contributed by atoms with Crippen molar-refractivity contribution >= 4 is 5.97 Å². The second-order valence-electron chi connectivity index (χ2n) is 4.83. The van der Waals surface area contributed by atoms with Gasteiger partial charge in [0, 0.05) is 12.6 Å². The van der Waals surface area contributed by atoms with Gasteiger partial charge in [-0.1, -0.05) is 31.2 Å². The molecule has 0 bridgehead atoms. The minimum atomic E-state index is -0.806. The lowest BCUT2D eigenvalue weighted by Crippen LogP contribution is -2.37. The van der Waals surface area contributed by atoms with Gasteiger partial charge < -0.3 is 15.1 Å². The van der Waals surface area contributed by atoms with Crippen LogP contribution in [0.3, 0.4) is 0 Å². The fourth-order valence-electron chi connectivity index (χ4n) is 2.11. The molecule has 0 aliphatic carbocycles. The average Bonchev–Trinajstić information content (AvgIpc) is 2.38. The first-order valence-electron chi connectivity index (χ1n) is 6.67. The Labute approximate surface area is 114 Å². The number of carbonyl (C=O) groups is 1. The van der Waals surface area contributed by atoms with Crippen LogP contribution < -0.4 is 0 Å². The highest BCUT2D eigenvalue weighted by Gasteiger charge is 2.18. The molecule has 0 amide bonds. The number of rotatable bonds is 8. The van der Waals surface area contributed by atoms with Crippen LogP contribution in [-0.2, 0) is 17.6 Å². The van der Waals surface area contributed by atoms with E-state index in [0.29, 0.717) is 13.0 Å². The maximum absolute atomic E-state index is 10.9. The summed E-state index contributed by atoms with van der Waals surface area (Å²) >= 11 is 0. The van der Waals surface area contributed by atoms with Crippen molar-refractivity contribution in [3.05, 3.63) is 35.4 Å². The number of nitrogens with zero attached hydrogens (tertiary/aromatic N) is 1. The van der Waals surface area contributed by atoms with Crippen molar-refractivity contribution in [1.82, 2.24) is 4.90 Å². The van der Waals surface area contributed by atoms with Crippen LogP contribution in [0, 0.1) is 0 Å². The largest absolute Gasteiger partial charge is 0.481 e. The fraction of sp³-hybridized carbons (Fsp3) is 0.533. The molecule has 1 aromatic carbocycles. The fourth-order valence-corrected chi connectivity index (χ4v) is 2.11. The molecule has 2 N–H and O–H groups in total. The molecule has 0 spiro atoms. The van der Waals surface area contributed by atoms with E-state index in [2.05, 4.69) is 31.2 Å². The molecule has 4 heteroatoms. The maximum Gasteiger partial charge on any atom is 0.304 e. The number of likely N-dealkylation sites (N-methyl/N-ethyl adjacent to an activating group) is 1. The number of carboxylic acid groups (broad SMARTS) is 1. The van der Waals surface area contributed by atoms with Gasteiger partial charge in [0.1, 0.15) is 0 Å². The van der Waals surface area contributed by atoms with Gasteiger partial charge in [-0.2, -0.15) is 0 Å². The molecule has 1 aromatic rings. The van der Waals surface area contributed by atoms with E-state index in [0.717, 1.165) is 12.0 Å². The van der Waals surface area contributed by atoms with Crippen LogP contribution in [-0.4, -0.2) is 47.3 Å². The lowest BCUT2D eigenvalue weighted by atomic mass is 10.0. The maximum atomic E-state index is 10.9. The van der Waals surface area contributed by atoms with Crippen molar-refractivity contribution in [2.45, 2.75) is 32.2 Å². The van der Waals surface area contributed by atoms with Gasteiger partial charge in [-0.3, -0.25) is 4.79 Å². The Balaban J connectivity index is 2.71. The number of aliphatic hydroxyl groups excluding tert-OH is 1. The standard InChI is InChI=1S/C15H23NO3/c1-3-12-4-6-13(7-5-12)10-14(11-15(18)19)16(2)8-9-17/h4-7,14,17H,3,8-11H2,1-2H3,(H,18,19). The van der Waals surface area contributed by atoms with E-state index in [4.69, 9.17) is 10.2 Å². The van der Waals surface area contributed by atoms with Crippen LogP contribution in [0.15, 0.2) is 24.3 Å². The Kier molecular flexibility index (Phi) is 6.53. The number of aryl methyl sites for hydroxylation is 1. The second kappa shape index (κ2) is 7.92. The lowest BCUT2D eigenvalue weighted by Gasteiger charge is -2.26. The molecule has 1 rings (SSSR count). The summed E-state index contributed by atoms with van der Waals surface area (Å²) in [7, 11) is 1.85. The van der Waals surface area contributed by atoms with Crippen LogP contribution in [0.2, 0.25) is 0 Å². The Hall–Kier alpha value is -1.39. The van der Waals surface area contributed by atoms with Gasteiger partial charge in [0.05, 0.1) is 13.0 Å². The monoisotopic (exact) mass is 265 g/mol. The molecule has 19 heavy (non-hydrogen) atoms. The van der Waals surface area contributed by atoms with Crippen molar-refractivity contribution in [2.75, 3.05) is 20.2 Å². The van der Waals surface area contributed by atoms with Crippen LogP contribution >= 0.6 is 0 Å². The number of aliphatic hydroxyl groups is 1. The highest BCUT2D eigenvalue weighted by Crippen LogP contribution is 2.13. The van der Waals surface area contributed by atoms with Crippen LogP contribution in [0.4, 0.5) is 0 Å². The summed E-state index contributed by atoms with van der Waals surface area (Å²) in [4.78, 5) is 12.8. The molecule has 0 heterocycles. The van der Waals surface area contributed by atoms with Crippen molar-refractivity contribution in [2.24, 2.45) is 0 Å². The minimum absolute atomic E-state index is 0.0430. The Morgan fingerprint density at radius 1 is 1.26 bits per heavy atom. The van der Waals surface area contributed by atoms with E-state index in [-0.39, 0.29) is 19.1 Å². The average molecular weight is 265 g/mol. The second-order valence-corrected chi connectivity index (χ2v) is 4.83. The van der Waals surface area contributed by atoms with E-state index in [1.165, 1.54) is 5.56 Å². The van der Waals surface area contributed by atoms with Crippen molar-refractivity contribution in [1.29, 1.82) is 0 Å². The molecule has 4 nitrogen and oxygen atoms in total. The predicted molar refractivity (Wildman–Crippen MR) is 75.3 cm³/mol. The Morgan fingerprint density at radius 3 is 2.32 bits per heavy atom. The predicted octanol–water partition coefficient (Wildman–Crippen LogP) is 1.56. The van der Waals surface area contributed by atoms with E-state index < -0.39 is 5.97 Å². The van der Waals surface area contributed by atoms with Crippen LogP contribution in [0.5, 0.6) is 0 Å². The van der Waals surface area contributed by atoms with E-state index in [1.807, 2.05) is 11.9 Å². The first-order valence-corrected chi connectivity index (χ1v) is 6.67. The molecule has 106 valence electrons. The molecule has 1 atom stereocenters. The van der Waals surface area contributed by atoms with E-state index in [1.54, 1.807) is 0 Å². The third-order valence-electron chi connectivity index (χ3n) is 3.39. The van der Waals surface area contributed by atoms with Gasteiger partial charge >= 0.3 is 5.97 Å². The minimum Gasteiger partial charge on any atom is -0.481 e. The smallest absolute Gasteiger partial charge is 0.304 e. The highest BCUT2D eigenvalue weighted by molar-refractivity contribution is 5.67. The molecule has 0 aliphatic heterocycles. The summed E-state index contributed by atoms with van der Waals surface area (Å²) in [5.41, 5.74) is 2.41. The number of hydrogen-bond acceptors (Lipinski definition) is 3. The normalized spacial score (nSPS) is 12.6. The molecule has 0 saturated carbocycles. The number of hydrogen-bond donors (Lipinski definition) is 2. The summed E-state index contributed by atoms with van der Waals surface area (Å²) < 4.78 is 0. The SMILES string of the molecule is CCc1ccc(CC(CC(=O)O)N(C)CCO)cc1. The highest BCUT2D eigenvalue weighted by atomic mass is 16.4. The summed E-state index contributed by atoms with van der Waals surface area (Å²) in [6.07, 6.45) is 1.78. The van der Waals surface area contributed by atoms with Gasteiger partial charge in [0.25, 0.3) is 0 Å². The molecular formula is C15H23NO3. The van der Waals surface area contributed by atoms with Crippen molar-refractivity contribution in [3.63, 3.8) is 0 Å². The Morgan fingerprint density at radius 2 is 1.84 bits per heavy atom. The third kappa shape index (κ3) is 5.41. The van der Waals surface area contributed by atoms with Crippen LogP contribution in [0.1, 0.15) is 24.5 Å². The quantitative estimate of drug-likeness (QED) is 0.749. The Bertz CT molecular complexity index is 389. The topological polar surface area (TPSA) is 60.8 Å². The van der Waals surface area contributed by atoms with Crippen LogP contribution in [0.25, 0.3) is 0 Å². The molecule has 0 fully saturated rings. The lowest BCUT2D eigenvalue weighted by molar-refractivity contribution is -0.138. The van der Waals surface area contributed by atoms with Gasteiger partial charge in [0.15, 0.2) is 0 Å². The van der Waals surface area contributed by atoms with E-state index in [9.17, 15) is 4.79 Å². The third-order valence-corrected chi connectivity index (χ3v) is 3.39. The zero-order valence-electron chi connectivity index (χ0n) is 11.7. The first kappa shape index (κ1) is 15.7. The number of carboxylic acids is 1. The van der Waals surface area contributed by atoms with Crippen molar-refractivity contribution < 1.29 is 15.0 Å². The molecule has 0 aliphatic rings. The van der Waals surface area contributed by atoms with Gasteiger partial charge in [0.2, 0.25) is 0 Å². The van der Waals surface area contributed by atoms with Crippen molar-refractivity contribution in [3.8, 4) is 0 Å². The first-order chi connectivity index (χ1) is 9.06. The van der Waals surface area contributed by atoms with Gasteiger partial charge in [-0.15, -0.1) is 0 Å². The van der Waals surface area contributed by atoms with Gasteiger partial charge in [-0.25, -0.2) is 0 Å². The summed E-state index contributed by atoms with van der Waals surface area (Å²) in [5, 5.41) is 17.9. The summed E-state index contributed by atoms with van der Waals surface area (Å²) in [6, 6.07) is 8.19. The molecule has 1 unspecified atom stereocenters. The zero-order valence-corrected chi connectivity index (χ0v) is 11.7. The molecular weight excluding hydrogens is 242 g/mol. The van der Waals surface area contributed by atoms with Gasteiger partial charge in [-0.05, 0) is 31.0 Å². The molecule has 0 aromatic heterocycles. The summed E-state index contributed by atoms with van der Waals surface area (Å²) in [5.74, 6) is -0.806. The molecule has 0 saturated heterocycles. The number of aliphatic carboxylic acids is 1. The van der Waals surface area contributed by atoms with E-state index >= 15 is 0 Å². The molecule has 0 radical (unpaired) electrons. The summed E-state index contributed by atoms with van der Waals surface area (Å²) in [6.45, 7) is 2.64.